The molecule has 3 aromatic rings. The van der Waals surface area contributed by atoms with Gasteiger partial charge in [0.05, 0.1) is 0 Å². The Kier molecular flexibility index (Phi) is 3.46. The van der Waals surface area contributed by atoms with E-state index in [0.29, 0.717) is 23.6 Å². The summed E-state index contributed by atoms with van der Waals surface area (Å²) in [6.07, 6.45) is 0. The van der Waals surface area contributed by atoms with Gasteiger partial charge in [-0.15, -0.1) is 0 Å². The van der Waals surface area contributed by atoms with Gasteiger partial charge in [-0.2, -0.15) is 0 Å². The van der Waals surface area contributed by atoms with Gasteiger partial charge in [-0.25, -0.2) is 0 Å². The molecule has 0 radical (unpaired) electrons. The Balaban J connectivity index is 1.86. The fourth-order valence-electron chi connectivity index (χ4n) is 2.24. The largest absolute Gasteiger partial charge is 0.451 e. The molecule has 0 saturated carbocycles. The normalized spacial score (nSPS) is 10.8. The van der Waals surface area contributed by atoms with Crippen molar-refractivity contribution in [3.05, 3.63) is 65.4 Å². The minimum atomic E-state index is -0.266. The highest BCUT2D eigenvalue weighted by atomic mass is 16.3. The molecule has 0 saturated heterocycles. The number of benzene rings is 2. The van der Waals surface area contributed by atoms with Gasteiger partial charge >= 0.3 is 0 Å². The summed E-state index contributed by atoms with van der Waals surface area (Å²) in [4.78, 5) is 12.2. The maximum Gasteiger partial charge on any atom is 0.291 e. The van der Waals surface area contributed by atoms with E-state index in [4.69, 9.17) is 10.2 Å². The lowest BCUT2D eigenvalue weighted by Crippen LogP contribution is -2.11. The van der Waals surface area contributed by atoms with E-state index < -0.39 is 0 Å². The lowest BCUT2D eigenvalue weighted by molar-refractivity contribution is 0.0998. The SMILES string of the molecule is Cc1ccc2oc(C(=O)Nc3cccc(CN)c3)cc2c1. The van der Waals surface area contributed by atoms with Gasteiger partial charge in [-0.3, -0.25) is 4.79 Å². The second-order valence-electron chi connectivity index (χ2n) is 5.01. The van der Waals surface area contributed by atoms with E-state index in [2.05, 4.69) is 5.32 Å². The maximum atomic E-state index is 12.2. The van der Waals surface area contributed by atoms with Crippen molar-refractivity contribution in [1.29, 1.82) is 0 Å². The second-order valence-corrected chi connectivity index (χ2v) is 5.01. The van der Waals surface area contributed by atoms with Crippen LogP contribution in [0.5, 0.6) is 0 Å². The lowest BCUT2D eigenvalue weighted by atomic mass is 10.2. The van der Waals surface area contributed by atoms with E-state index in [0.717, 1.165) is 16.5 Å². The van der Waals surface area contributed by atoms with Crippen LogP contribution in [0.3, 0.4) is 0 Å². The van der Waals surface area contributed by atoms with Gasteiger partial charge in [0.25, 0.3) is 5.91 Å². The zero-order valence-electron chi connectivity index (χ0n) is 11.7. The Morgan fingerprint density at radius 3 is 2.86 bits per heavy atom. The number of nitrogens with one attached hydrogen (secondary N) is 1. The number of furan rings is 1. The molecule has 0 fully saturated rings. The summed E-state index contributed by atoms with van der Waals surface area (Å²) < 4.78 is 5.58. The molecular weight excluding hydrogens is 264 g/mol. The Bertz CT molecular complexity index is 805. The van der Waals surface area contributed by atoms with Crippen LogP contribution < -0.4 is 11.1 Å². The molecule has 2 aromatic carbocycles. The number of carbonyl (C=O) groups excluding carboxylic acids is 1. The van der Waals surface area contributed by atoms with Crippen LogP contribution in [-0.2, 0) is 6.54 Å². The quantitative estimate of drug-likeness (QED) is 0.772. The predicted molar refractivity (Wildman–Crippen MR) is 83.2 cm³/mol. The first-order chi connectivity index (χ1) is 10.2. The zero-order valence-corrected chi connectivity index (χ0v) is 11.7. The number of hydrogen-bond acceptors (Lipinski definition) is 3. The van der Waals surface area contributed by atoms with Crippen LogP contribution in [0.2, 0.25) is 0 Å². The highest BCUT2D eigenvalue weighted by molar-refractivity contribution is 6.04. The van der Waals surface area contributed by atoms with Crippen LogP contribution in [0, 0.1) is 6.92 Å². The number of fused-ring (bicyclic) bond motifs is 1. The average molecular weight is 280 g/mol. The van der Waals surface area contributed by atoms with Gasteiger partial charge in [0.1, 0.15) is 5.58 Å². The van der Waals surface area contributed by atoms with Crippen molar-refractivity contribution < 1.29 is 9.21 Å². The van der Waals surface area contributed by atoms with Crippen molar-refractivity contribution in [3.8, 4) is 0 Å². The Morgan fingerprint density at radius 1 is 1.19 bits per heavy atom. The first-order valence-corrected chi connectivity index (χ1v) is 6.76. The predicted octanol–water partition coefficient (Wildman–Crippen LogP) is 3.45. The molecule has 21 heavy (non-hydrogen) atoms. The average Bonchev–Trinajstić information content (AvgIpc) is 2.90. The topological polar surface area (TPSA) is 68.3 Å². The van der Waals surface area contributed by atoms with Crippen LogP contribution in [0.4, 0.5) is 5.69 Å². The van der Waals surface area contributed by atoms with Gasteiger partial charge in [0.15, 0.2) is 5.76 Å². The van der Waals surface area contributed by atoms with Crippen molar-refractivity contribution >= 4 is 22.6 Å². The number of nitrogens with two attached hydrogens (primary N) is 1. The van der Waals surface area contributed by atoms with E-state index in [1.54, 1.807) is 6.07 Å². The number of rotatable bonds is 3. The summed E-state index contributed by atoms with van der Waals surface area (Å²) in [6.45, 7) is 2.44. The van der Waals surface area contributed by atoms with E-state index >= 15 is 0 Å². The fraction of sp³-hybridized carbons (Fsp3) is 0.118. The van der Waals surface area contributed by atoms with E-state index in [9.17, 15) is 4.79 Å². The minimum absolute atomic E-state index is 0.266. The molecular formula is C17H16N2O2. The van der Waals surface area contributed by atoms with Crippen LogP contribution in [0.1, 0.15) is 21.7 Å². The summed E-state index contributed by atoms with van der Waals surface area (Å²) >= 11 is 0. The van der Waals surface area contributed by atoms with Gasteiger partial charge in [0, 0.05) is 17.6 Å². The second kappa shape index (κ2) is 5.42. The third-order valence-electron chi connectivity index (χ3n) is 3.32. The molecule has 4 heteroatoms. The van der Waals surface area contributed by atoms with Gasteiger partial charge < -0.3 is 15.5 Å². The highest BCUT2D eigenvalue weighted by Gasteiger charge is 2.12. The van der Waals surface area contributed by atoms with Crippen LogP contribution in [0.15, 0.2) is 52.9 Å². The van der Waals surface area contributed by atoms with Gasteiger partial charge in [0.2, 0.25) is 0 Å². The molecule has 1 aromatic heterocycles. The summed E-state index contributed by atoms with van der Waals surface area (Å²) in [5, 5.41) is 3.75. The molecule has 3 N–H and O–H groups in total. The number of amides is 1. The number of hydrogen-bond donors (Lipinski definition) is 2. The summed E-state index contributed by atoms with van der Waals surface area (Å²) in [6, 6.07) is 15.0. The molecule has 4 nitrogen and oxygen atoms in total. The number of anilines is 1. The molecule has 0 aliphatic heterocycles. The van der Waals surface area contributed by atoms with E-state index in [1.165, 1.54) is 0 Å². The summed E-state index contributed by atoms with van der Waals surface area (Å²) in [7, 11) is 0. The van der Waals surface area contributed by atoms with Crippen LogP contribution in [0.25, 0.3) is 11.0 Å². The number of carbonyl (C=O) groups is 1. The van der Waals surface area contributed by atoms with E-state index in [1.807, 2.05) is 49.4 Å². The number of aryl methyl sites for hydroxylation is 1. The van der Waals surface area contributed by atoms with Crippen molar-refractivity contribution in [1.82, 2.24) is 0 Å². The third-order valence-corrected chi connectivity index (χ3v) is 3.32. The van der Waals surface area contributed by atoms with Crippen molar-refractivity contribution in [2.75, 3.05) is 5.32 Å². The van der Waals surface area contributed by atoms with Gasteiger partial charge in [-0.05, 0) is 42.8 Å². The molecule has 106 valence electrons. The van der Waals surface area contributed by atoms with Crippen LogP contribution in [-0.4, -0.2) is 5.91 Å². The first kappa shape index (κ1) is 13.4. The van der Waals surface area contributed by atoms with Crippen LogP contribution >= 0.6 is 0 Å². The summed E-state index contributed by atoms with van der Waals surface area (Å²) in [5.41, 5.74) is 9.11. The monoisotopic (exact) mass is 280 g/mol. The van der Waals surface area contributed by atoms with Crippen molar-refractivity contribution in [2.24, 2.45) is 5.73 Å². The standard InChI is InChI=1S/C17H16N2O2/c1-11-5-6-15-13(7-11)9-16(21-15)17(20)19-14-4-2-3-12(8-14)10-18/h2-9H,10,18H2,1H3,(H,19,20). The molecule has 1 heterocycles. The molecule has 3 rings (SSSR count). The first-order valence-electron chi connectivity index (χ1n) is 6.76. The lowest BCUT2D eigenvalue weighted by Gasteiger charge is -2.04. The van der Waals surface area contributed by atoms with E-state index in [-0.39, 0.29) is 5.91 Å². The Morgan fingerprint density at radius 2 is 2.05 bits per heavy atom. The smallest absolute Gasteiger partial charge is 0.291 e. The molecule has 1 amide bonds. The van der Waals surface area contributed by atoms with Crippen molar-refractivity contribution in [2.45, 2.75) is 13.5 Å². The molecule has 0 spiro atoms. The van der Waals surface area contributed by atoms with Crippen molar-refractivity contribution in [3.63, 3.8) is 0 Å². The Hall–Kier alpha value is -2.59. The Labute approximate surface area is 122 Å². The molecule has 0 bridgehead atoms. The fourth-order valence-corrected chi connectivity index (χ4v) is 2.24. The molecule has 0 atom stereocenters. The molecule has 0 aliphatic carbocycles. The third kappa shape index (κ3) is 2.80. The highest BCUT2D eigenvalue weighted by Crippen LogP contribution is 2.21. The molecule has 0 unspecified atom stereocenters. The van der Waals surface area contributed by atoms with Gasteiger partial charge in [-0.1, -0.05) is 23.8 Å². The maximum absolute atomic E-state index is 12.2. The molecule has 0 aliphatic rings. The minimum Gasteiger partial charge on any atom is -0.451 e. The zero-order chi connectivity index (χ0) is 14.8. The summed E-state index contributed by atoms with van der Waals surface area (Å²) in [5.74, 6) is 0.0341.